The molecule has 30 heavy (non-hydrogen) atoms. The third-order valence-electron chi connectivity index (χ3n) is 4.68. The van der Waals surface area contributed by atoms with Crippen molar-refractivity contribution in [3.05, 3.63) is 95.4 Å². The number of fused-ring (bicyclic) bond motifs is 1. The SMILES string of the molecule is Cc1cc(COC(=O)c2ccccc2NC(=O)Cc2cccc3ccccc23)no1. The topological polar surface area (TPSA) is 81.4 Å². The van der Waals surface area contributed by atoms with Gasteiger partial charge in [0.15, 0.2) is 0 Å². The summed E-state index contributed by atoms with van der Waals surface area (Å²) in [6, 6.07) is 22.3. The predicted molar refractivity (Wildman–Crippen MR) is 113 cm³/mol. The van der Waals surface area contributed by atoms with Gasteiger partial charge in [-0.15, -0.1) is 0 Å². The molecular formula is C24H20N2O4. The van der Waals surface area contributed by atoms with Gasteiger partial charge >= 0.3 is 5.97 Å². The predicted octanol–water partition coefficient (Wildman–Crippen LogP) is 4.67. The van der Waals surface area contributed by atoms with E-state index in [1.165, 1.54) is 0 Å². The third kappa shape index (κ3) is 4.38. The fourth-order valence-corrected chi connectivity index (χ4v) is 3.29. The zero-order valence-electron chi connectivity index (χ0n) is 16.4. The molecule has 0 bridgehead atoms. The second kappa shape index (κ2) is 8.61. The van der Waals surface area contributed by atoms with Crippen molar-refractivity contribution in [3.8, 4) is 0 Å². The van der Waals surface area contributed by atoms with Crippen molar-refractivity contribution in [2.24, 2.45) is 0 Å². The van der Waals surface area contributed by atoms with E-state index in [9.17, 15) is 9.59 Å². The first-order chi connectivity index (χ1) is 14.6. The van der Waals surface area contributed by atoms with Gasteiger partial charge in [-0.25, -0.2) is 4.79 Å². The minimum Gasteiger partial charge on any atom is -0.455 e. The Morgan fingerprint density at radius 2 is 1.77 bits per heavy atom. The number of aryl methyl sites for hydroxylation is 1. The molecule has 3 aromatic carbocycles. The fraction of sp³-hybridized carbons (Fsp3) is 0.125. The molecule has 0 aliphatic heterocycles. The molecule has 4 rings (SSSR count). The monoisotopic (exact) mass is 400 g/mol. The highest BCUT2D eigenvalue weighted by atomic mass is 16.5. The minimum absolute atomic E-state index is 0.00550. The first-order valence-corrected chi connectivity index (χ1v) is 9.55. The van der Waals surface area contributed by atoms with E-state index in [-0.39, 0.29) is 24.5 Å². The van der Waals surface area contributed by atoms with Crippen LogP contribution in [0.5, 0.6) is 0 Å². The van der Waals surface area contributed by atoms with Gasteiger partial charge in [-0.3, -0.25) is 4.79 Å². The molecule has 0 aliphatic carbocycles. The number of nitrogens with zero attached hydrogens (tertiary/aromatic N) is 1. The number of amides is 1. The molecule has 0 spiro atoms. The number of esters is 1. The van der Waals surface area contributed by atoms with Crippen molar-refractivity contribution >= 4 is 28.3 Å². The molecule has 1 amide bonds. The molecule has 150 valence electrons. The van der Waals surface area contributed by atoms with Gasteiger partial charge < -0.3 is 14.6 Å². The van der Waals surface area contributed by atoms with Crippen LogP contribution in [-0.2, 0) is 22.6 Å². The van der Waals surface area contributed by atoms with E-state index in [0.29, 0.717) is 17.1 Å². The number of nitrogens with one attached hydrogen (secondary N) is 1. The number of ether oxygens (including phenoxy) is 1. The molecule has 1 aromatic heterocycles. The zero-order chi connectivity index (χ0) is 20.9. The lowest BCUT2D eigenvalue weighted by molar-refractivity contribution is -0.115. The second-order valence-corrected chi connectivity index (χ2v) is 6.91. The fourth-order valence-electron chi connectivity index (χ4n) is 3.29. The van der Waals surface area contributed by atoms with Crippen LogP contribution in [0.2, 0.25) is 0 Å². The minimum atomic E-state index is -0.545. The third-order valence-corrected chi connectivity index (χ3v) is 4.68. The average molecular weight is 400 g/mol. The standard InChI is InChI=1S/C24H20N2O4/c1-16-13-19(26-30-16)15-29-24(28)21-11-4-5-12-22(21)25-23(27)14-18-9-6-8-17-7-2-3-10-20(17)18/h2-13H,14-15H2,1H3,(H,25,27). The summed E-state index contributed by atoms with van der Waals surface area (Å²) in [5.74, 6) is -0.113. The molecule has 6 nitrogen and oxygen atoms in total. The van der Waals surface area contributed by atoms with E-state index in [1.807, 2.05) is 42.5 Å². The van der Waals surface area contributed by atoms with Gasteiger partial charge in [0.2, 0.25) is 5.91 Å². The number of carbonyl (C=O) groups is 2. The van der Waals surface area contributed by atoms with Gasteiger partial charge in [-0.05, 0) is 35.4 Å². The van der Waals surface area contributed by atoms with Crippen molar-refractivity contribution < 1.29 is 18.8 Å². The second-order valence-electron chi connectivity index (χ2n) is 6.91. The summed E-state index contributed by atoms with van der Waals surface area (Å²) in [6.45, 7) is 1.76. The van der Waals surface area contributed by atoms with E-state index in [2.05, 4.69) is 10.5 Å². The van der Waals surface area contributed by atoms with Gasteiger partial charge in [0.25, 0.3) is 0 Å². The van der Waals surface area contributed by atoms with Crippen LogP contribution in [0.3, 0.4) is 0 Å². The summed E-state index contributed by atoms with van der Waals surface area (Å²) in [7, 11) is 0. The first-order valence-electron chi connectivity index (χ1n) is 9.55. The van der Waals surface area contributed by atoms with Gasteiger partial charge in [0.05, 0.1) is 17.7 Å². The van der Waals surface area contributed by atoms with Crippen LogP contribution in [0.15, 0.2) is 77.3 Å². The van der Waals surface area contributed by atoms with E-state index < -0.39 is 5.97 Å². The Hall–Kier alpha value is -3.93. The number of carbonyl (C=O) groups excluding carboxylic acids is 2. The zero-order valence-corrected chi connectivity index (χ0v) is 16.4. The molecule has 0 radical (unpaired) electrons. The Morgan fingerprint density at radius 1 is 1.00 bits per heavy atom. The number of rotatable bonds is 6. The Labute approximate surface area is 173 Å². The molecule has 0 atom stereocenters. The van der Waals surface area contributed by atoms with Crippen LogP contribution in [0.4, 0.5) is 5.69 Å². The molecular weight excluding hydrogens is 380 g/mol. The molecule has 4 aromatic rings. The van der Waals surface area contributed by atoms with Gasteiger partial charge in [0, 0.05) is 6.07 Å². The van der Waals surface area contributed by atoms with Crippen LogP contribution in [0.25, 0.3) is 10.8 Å². The van der Waals surface area contributed by atoms with Gasteiger partial charge in [-0.2, -0.15) is 0 Å². The maximum atomic E-state index is 12.7. The number of para-hydroxylation sites is 1. The highest BCUT2D eigenvalue weighted by Gasteiger charge is 2.16. The number of benzene rings is 3. The quantitative estimate of drug-likeness (QED) is 0.476. The highest BCUT2D eigenvalue weighted by Crippen LogP contribution is 2.21. The van der Waals surface area contributed by atoms with Crippen molar-refractivity contribution in [1.29, 1.82) is 0 Å². The van der Waals surface area contributed by atoms with Crippen LogP contribution in [0.1, 0.15) is 27.4 Å². The van der Waals surface area contributed by atoms with Gasteiger partial charge in [0.1, 0.15) is 18.1 Å². The lowest BCUT2D eigenvalue weighted by atomic mass is 10.0. The Kier molecular flexibility index (Phi) is 5.57. The molecule has 0 aliphatic rings. The molecule has 1 N–H and O–H groups in total. The van der Waals surface area contributed by atoms with Crippen LogP contribution in [0, 0.1) is 6.92 Å². The molecule has 0 fully saturated rings. The normalized spacial score (nSPS) is 10.7. The van der Waals surface area contributed by atoms with E-state index in [0.717, 1.165) is 16.3 Å². The average Bonchev–Trinajstić information content (AvgIpc) is 3.18. The summed E-state index contributed by atoms with van der Waals surface area (Å²) in [5, 5.41) is 8.75. The number of hydrogen-bond donors (Lipinski definition) is 1. The smallest absolute Gasteiger partial charge is 0.340 e. The van der Waals surface area contributed by atoms with Crippen LogP contribution in [-0.4, -0.2) is 17.0 Å². The van der Waals surface area contributed by atoms with Crippen LogP contribution >= 0.6 is 0 Å². The summed E-state index contributed by atoms with van der Waals surface area (Å²) < 4.78 is 10.3. The summed E-state index contributed by atoms with van der Waals surface area (Å²) in [6.07, 6.45) is 0.197. The number of aromatic nitrogens is 1. The Morgan fingerprint density at radius 3 is 2.60 bits per heavy atom. The molecule has 0 saturated heterocycles. The first kappa shape index (κ1) is 19.4. The number of hydrogen-bond acceptors (Lipinski definition) is 5. The molecule has 0 saturated carbocycles. The van der Waals surface area contributed by atoms with Crippen molar-refractivity contribution in [1.82, 2.24) is 5.16 Å². The maximum Gasteiger partial charge on any atom is 0.340 e. The summed E-state index contributed by atoms with van der Waals surface area (Å²) in [5.41, 5.74) is 2.14. The lowest BCUT2D eigenvalue weighted by Crippen LogP contribution is -2.17. The Balaban J connectivity index is 1.46. The van der Waals surface area contributed by atoms with Crippen molar-refractivity contribution in [3.63, 3.8) is 0 Å². The van der Waals surface area contributed by atoms with E-state index in [4.69, 9.17) is 9.26 Å². The number of anilines is 1. The maximum absolute atomic E-state index is 12.7. The molecule has 6 heteroatoms. The summed E-state index contributed by atoms with van der Waals surface area (Å²) in [4.78, 5) is 25.2. The highest BCUT2D eigenvalue weighted by molar-refractivity contribution is 6.02. The van der Waals surface area contributed by atoms with E-state index >= 15 is 0 Å². The van der Waals surface area contributed by atoms with E-state index in [1.54, 1.807) is 37.3 Å². The van der Waals surface area contributed by atoms with Gasteiger partial charge in [-0.1, -0.05) is 59.8 Å². The molecule has 0 unspecified atom stereocenters. The van der Waals surface area contributed by atoms with Crippen LogP contribution < -0.4 is 5.32 Å². The van der Waals surface area contributed by atoms with Crippen molar-refractivity contribution in [2.75, 3.05) is 5.32 Å². The largest absolute Gasteiger partial charge is 0.455 e. The lowest BCUT2D eigenvalue weighted by Gasteiger charge is -2.11. The van der Waals surface area contributed by atoms with Crippen molar-refractivity contribution in [2.45, 2.75) is 20.0 Å². The summed E-state index contributed by atoms with van der Waals surface area (Å²) >= 11 is 0. The Bertz CT molecular complexity index is 1210. The molecule has 1 heterocycles.